The van der Waals surface area contributed by atoms with Gasteiger partial charge < -0.3 is 20.7 Å². The molecule has 0 amide bonds. The minimum atomic E-state index is -0.114. The summed E-state index contributed by atoms with van der Waals surface area (Å²) in [7, 11) is 4.02. The fourth-order valence-corrected chi connectivity index (χ4v) is 3.44. The third-order valence-electron chi connectivity index (χ3n) is 4.05. The van der Waals surface area contributed by atoms with Crippen molar-refractivity contribution in [2.24, 2.45) is 0 Å². The van der Waals surface area contributed by atoms with Crippen LogP contribution in [-0.2, 0) is 0 Å². The Hall–Kier alpha value is -2.90. The number of thiazole rings is 1. The molecule has 1 heterocycles. The van der Waals surface area contributed by atoms with Gasteiger partial charge in [-0.2, -0.15) is 0 Å². The van der Waals surface area contributed by atoms with Crippen LogP contribution in [0.5, 0.6) is 5.75 Å². The number of nitrogens with zero attached hydrogens (tertiary/aromatic N) is 2. The summed E-state index contributed by atoms with van der Waals surface area (Å²) in [5.41, 5.74) is 8.48. The number of anilines is 3. The van der Waals surface area contributed by atoms with Crippen LogP contribution in [0.2, 0.25) is 0 Å². The fraction of sp³-hybridized carbons (Fsp3) is 0.238. The number of aryl methyl sites for hydroxylation is 1. The lowest BCUT2D eigenvalue weighted by molar-refractivity contribution is 0.104. The number of aromatic nitrogens is 1. The molecule has 6 nitrogen and oxygen atoms in total. The summed E-state index contributed by atoms with van der Waals surface area (Å²) in [5, 5.41) is 3.77. The number of carbonyl (C=O) groups is 1. The summed E-state index contributed by atoms with van der Waals surface area (Å²) in [6, 6.07) is 15.1. The van der Waals surface area contributed by atoms with Gasteiger partial charge in [0.2, 0.25) is 5.78 Å². The van der Waals surface area contributed by atoms with Gasteiger partial charge >= 0.3 is 0 Å². The second-order valence-corrected chi connectivity index (χ2v) is 7.73. The summed E-state index contributed by atoms with van der Waals surface area (Å²) in [6.07, 6.45) is 0. The molecule has 0 aliphatic rings. The molecule has 0 aliphatic carbocycles. The molecule has 3 N–H and O–H groups in total. The SMILES string of the molecule is Cc1cccc(C(=O)c2sc(Nc3ccc(OCCN(C)C)cc3)nc2N)c1. The normalized spacial score (nSPS) is 10.9. The minimum Gasteiger partial charge on any atom is -0.492 e. The third kappa shape index (κ3) is 5.09. The van der Waals surface area contributed by atoms with E-state index in [4.69, 9.17) is 10.5 Å². The van der Waals surface area contributed by atoms with Crippen molar-refractivity contribution in [2.45, 2.75) is 6.92 Å². The van der Waals surface area contributed by atoms with Gasteiger partial charge in [-0.05, 0) is 51.4 Å². The molecule has 0 unspecified atom stereocenters. The predicted molar refractivity (Wildman–Crippen MR) is 115 cm³/mol. The van der Waals surface area contributed by atoms with Gasteiger partial charge in [0, 0.05) is 17.8 Å². The van der Waals surface area contributed by atoms with Crippen LogP contribution >= 0.6 is 11.3 Å². The number of nitrogens with one attached hydrogen (secondary N) is 1. The summed E-state index contributed by atoms with van der Waals surface area (Å²) in [6.45, 7) is 3.44. The van der Waals surface area contributed by atoms with E-state index in [0.29, 0.717) is 22.2 Å². The first kappa shape index (κ1) is 19.9. The van der Waals surface area contributed by atoms with E-state index < -0.39 is 0 Å². The smallest absolute Gasteiger partial charge is 0.206 e. The molecule has 7 heteroatoms. The van der Waals surface area contributed by atoms with Gasteiger partial charge in [-0.25, -0.2) is 4.98 Å². The minimum absolute atomic E-state index is 0.114. The molecule has 3 aromatic rings. The molecule has 0 radical (unpaired) electrons. The molecule has 0 spiro atoms. The number of ether oxygens (including phenoxy) is 1. The summed E-state index contributed by atoms with van der Waals surface area (Å²) in [5.74, 6) is 0.931. The van der Waals surface area contributed by atoms with Crippen molar-refractivity contribution in [3.05, 3.63) is 64.5 Å². The van der Waals surface area contributed by atoms with Gasteiger partial charge in [0.15, 0.2) is 5.13 Å². The monoisotopic (exact) mass is 396 g/mol. The molecule has 0 aliphatic heterocycles. The number of nitrogen functional groups attached to an aromatic ring is 1. The molecule has 2 aromatic carbocycles. The molecule has 0 atom stereocenters. The molecule has 0 bridgehead atoms. The van der Waals surface area contributed by atoms with Gasteiger partial charge in [-0.3, -0.25) is 4.79 Å². The highest BCUT2D eigenvalue weighted by Crippen LogP contribution is 2.30. The topological polar surface area (TPSA) is 80.5 Å². The second kappa shape index (κ2) is 8.86. The summed E-state index contributed by atoms with van der Waals surface area (Å²) in [4.78, 5) is 19.5. The van der Waals surface area contributed by atoms with Crippen LogP contribution in [0.4, 0.5) is 16.6 Å². The molecule has 0 saturated heterocycles. The van der Waals surface area contributed by atoms with Gasteiger partial charge in [-0.15, -0.1) is 0 Å². The van der Waals surface area contributed by atoms with Crippen LogP contribution in [0, 0.1) is 6.92 Å². The van der Waals surface area contributed by atoms with E-state index in [1.807, 2.05) is 63.5 Å². The predicted octanol–water partition coefficient (Wildman–Crippen LogP) is 3.95. The highest BCUT2D eigenvalue weighted by molar-refractivity contribution is 7.18. The van der Waals surface area contributed by atoms with Crippen LogP contribution in [0.15, 0.2) is 48.5 Å². The quantitative estimate of drug-likeness (QED) is 0.561. The maximum absolute atomic E-state index is 12.7. The zero-order valence-corrected chi connectivity index (χ0v) is 17.0. The van der Waals surface area contributed by atoms with E-state index in [-0.39, 0.29) is 11.6 Å². The Morgan fingerprint density at radius 2 is 1.96 bits per heavy atom. The third-order valence-corrected chi connectivity index (χ3v) is 5.04. The highest BCUT2D eigenvalue weighted by atomic mass is 32.1. The zero-order chi connectivity index (χ0) is 20.1. The molecular formula is C21H24N4O2S. The van der Waals surface area contributed by atoms with E-state index in [2.05, 4.69) is 15.2 Å². The Labute approximate surface area is 169 Å². The Bertz CT molecular complexity index is 951. The van der Waals surface area contributed by atoms with Crippen molar-refractivity contribution in [2.75, 3.05) is 38.3 Å². The average molecular weight is 397 g/mol. The van der Waals surface area contributed by atoms with E-state index in [1.54, 1.807) is 6.07 Å². The average Bonchev–Trinajstić information content (AvgIpc) is 3.02. The Kier molecular flexibility index (Phi) is 6.28. The van der Waals surface area contributed by atoms with Crippen molar-refractivity contribution in [1.29, 1.82) is 0 Å². The van der Waals surface area contributed by atoms with Gasteiger partial charge in [0.05, 0.1) is 0 Å². The van der Waals surface area contributed by atoms with Crippen molar-refractivity contribution in [3.63, 3.8) is 0 Å². The van der Waals surface area contributed by atoms with E-state index in [9.17, 15) is 4.79 Å². The number of likely N-dealkylation sites (N-methyl/N-ethyl adjacent to an activating group) is 1. The van der Waals surface area contributed by atoms with Crippen molar-refractivity contribution < 1.29 is 9.53 Å². The second-order valence-electron chi connectivity index (χ2n) is 6.73. The Morgan fingerprint density at radius 3 is 2.64 bits per heavy atom. The van der Waals surface area contributed by atoms with Crippen LogP contribution in [-0.4, -0.2) is 42.9 Å². The number of hydrogen-bond donors (Lipinski definition) is 2. The molecule has 1 aromatic heterocycles. The van der Waals surface area contributed by atoms with Gasteiger partial charge in [0.25, 0.3) is 0 Å². The Balaban J connectivity index is 1.67. The molecule has 0 fully saturated rings. The lowest BCUT2D eigenvalue weighted by Gasteiger charge is -2.11. The van der Waals surface area contributed by atoms with Crippen molar-refractivity contribution in [1.82, 2.24) is 9.88 Å². The standard InChI is InChI=1S/C21H24N4O2S/c1-14-5-4-6-15(13-14)18(26)19-20(22)24-21(28-19)23-16-7-9-17(10-8-16)27-12-11-25(2)3/h4-10,13H,11-12,22H2,1-3H3,(H,23,24). The summed E-state index contributed by atoms with van der Waals surface area (Å²) < 4.78 is 5.69. The molecule has 28 heavy (non-hydrogen) atoms. The maximum atomic E-state index is 12.7. The lowest BCUT2D eigenvalue weighted by atomic mass is 10.1. The van der Waals surface area contributed by atoms with Crippen LogP contribution in [0.3, 0.4) is 0 Å². The van der Waals surface area contributed by atoms with Crippen LogP contribution in [0.25, 0.3) is 0 Å². The molecule has 146 valence electrons. The lowest BCUT2D eigenvalue weighted by Crippen LogP contribution is -2.19. The molecular weight excluding hydrogens is 372 g/mol. The first-order valence-electron chi connectivity index (χ1n) is 8.94. The first-order chi connectivity index (χ1) is 13.4. The fourth-order valence-electron chi connectivity index (χ4n) is 2.57. The highest BCUT2D eigenvalue weighted by Gasteiger charge is 2.18. The van der Waals surface area contributed by atoms with Crippen LogP contribution < -0.4 is 15.8 Å². The van der Waals surface area contributed by atoms with Gasteiger partial charge in [-0.1, -0.05) is 35.1 Å². The van der Waals surface area contributed by atoms with Gasteiger partial charge in [0.1, 0.15) is 23.1 Å². The largest absolute Gasteiger partial charge is 0.492 e. The van der Waals surface area contributed by atoms with Crippen LogP contribution in [0.1, 0.15) is 20.8 Å². The molecule has 3 rings (SSSR count). The Morgan fingerprint density at radius 1 is 1.21 bits per heavy atom. The summed E-state index contributed by atoms with van der Waals surface area (Å²) >= 11 is 1.25. The van der Waals surface area contributed by atoms with Crippen molar-refractivity contribution >= 4 is 33.8 Å². The zero-order valence-electron chi connectivity index (χ0n) is 16.2. The number of ketones is 1. The number of benzene rings is 2. The maximum Gasteiger partial charge on any atom is 0.206 e. The molecule has 0 saturated carbocycles. The number of carbonyl (C=O) groups excluding carboxylic acids is 1. The number of nitrogens with two attached hydrogens (primary N) is 1. The van der Waals surface area contributed by atoms with E-state index in [0.717, 1.165) is 23.5 Å². The van der Waals surface area contributed by atoms with E-state index in [1.165, 1.54) is 11.3 Å². The first-order valence-corrected chi connectivity index (χ1v) is 9.76. The number of rotatable bonds is 8. The van der Waals surface area contributed by atoms with Crippen molar-refractivity contribution in [3.8, 4) is 5.75 Å². The van der Waals surface area contributed by atoms with E-state index >= 15 is 0 Å². The number of hydrogen-bond acceptors (Lipinski definition) is 7.